The van der Waals surface area contributed by atoms with Crippen LogP contribution >= 0.6 is 11.8 Å². The summed E-state index contributed by atoms with van der Waals surface area (Å²) in [6.07, 6.45) is 2.63. The topological polar surface area (TPSA) is 51.8 Å². The van der Waals surface area contributed by atoms with Gasteiger partial charge >= 0.3 is 0 Å². The van der Waals surface area contributed by atoms with Crippen LogP contribution in [0.4, 0.5) is 0 Å². The summed E-state index contributed by atoms with van der Waals surface area (Å²) in [6, 6.07) is 12.2. The van der Waals surface area contributed by atoms with Crippen LogP contribution in [0.15, 0.2) is 47.8 Å². The van der Waals surface area contributed by atoms with E-state index in [2.05, 4.69) is 22.1 Å². The van der Waals surface area contributed by atoms with E-state index in [0.717, 1.165) is 35.0 Å². The molecule has 3 nitrogen and oxygen atoms in total. The standard InChI is InChI=1S/C13H15N3S/c14-7-4-8-17-13-9-12(15-10-16-13)11-5-2-1-3-6-11/h1-3,5-6,9-10H,4,7-8,14H2. The van der Waals surface area contributed by atoms with Crippen molar-refractivity contribution in [1.29, 1.82) is 0 Å². The summed E-state index contributed by atoms with van der Waals surface area (Å²) in [5.41, 5.74) is 7.56. The lowest BCUT2D eigenvalue weighted by Gasteiger charge is -2.03. The molecule has 0 saturated heterocycles. The van der Waals surface area contributed by atoms with Crippen molar-refractivity contribution in [3.05, 3.63) is 42.7 Å². The second kappa shape index (κ2) is 6.37. The largest absolute Gasteiger partial charge is 0.330 e. The van der Waals surface area contributed by atoms with E-state index in [9.17, 15) is 0 Å². The smallest absolute Gasteiger partial charge is 0.117 e. The quantitative estimate of drug-likeness (QED) is 0.500. The lowest BCUT2D eigenvalue weighted by atomic mass is 10.1. The maximum atomic E-state index is 5.47. The molecule has 0 fully saturated rings. The van der Waals surface area contributed by atoms with Crippen molar-refractivity contribution in [1.82, 2.24) is 9.97 Å². The summed E-state index contributed by atoms with van der Waals surface area (Å²) in [6.45, 7) is 0.726. The van der Waals surface area contributed by atoms with E-state index in [0.29, 0.717) is 0 Å². The van der Waals surface area contributed by atoms with Crippen molar-refractivity contribution in [3.8, 4) is 11.3 Å². The molecule has 0 aliphatic rings. The van der Waals surface area contributed by atoms with Gasteiger partial charge in [-0.3, -0.25) is 0 Å². The molecule has 0 bridgehead atoms. The molecule has 0 spiro atoms. The van der Waals surface area contributed by atoms with Crippen LogP contribution in [0.25, 0.3) is 11.3 Å². The highest BCUT2D eigenvalue weighted by atomic mass is 32.2. The maximum absolute atomic E-state index is 5.47. The van der Waals surface area contributed by atoms with Crippen LogP contribution in [-0.4, -0.2) is 22.3 Å². The number of hydrogen-bond donors (Lipinski definition) is 1. The van der Waals surface area contributed by atoms with Gasteiger partial charge in [-0.25, -0.2) is 9.97 Å². The first-order valence-corrected chi connectivity index (χ1v) is 6.59. The van der Waals surface area contributed by atoms with Gasteiger partial charge in [0.1, 0.15) is 6.33 Å². The molecule has 0 aliphatic carbocycles. The molecule has 0 amide bonds. The Hall–Kier alpha value is -1.39. The highest BCUT2D eigenvalue weighted by molar-refractivity contribution is 7.99. The summed E-state index contributed by atoms with van der Waals surface area (Å²) in [5.74, 6) is 1.00. The van der Waals surface area contributed by atoms with Gasteiger partial charge in [-0.1, -0.05) is 30.3 Å². The zero-order valence-corrected chi connectivity index (χ0v) is 10.4. The second-order valence-corrected chi connectivity index (χ2v) is 4.71. The number of benzene rings is 1. The Labute approximate surface area is 105 Å². The predicted molar refractivity (Wildman–Crippen MR) is 71.9 cm³/mol. The molecule has 88 valence electrons. The van der Waals surface area contributed by atoms with Gasteiger partial charge in [0.25, 0.3) is 0 Å². The number of nitrogens with zero attached hydrogens (tertiary/aromatic N) is 2. The van der Waals surface area contributed by atoms with Crippen LogP contribution in [0.2, 0.25) is 0 Å². The lowest BCUT2D eigenvalue weighted by molar-refractivity contribution is 0.939. The molecule has 0 unspecified atom stereocenters. The monoisotopic (exact) mass is 245 g/mol. The highest BCUT2D eigenvalue weighted by Crippen LogP contribution is 2.21. The minimum Gasteiger partial charge on any atom is -0.330 e. The van der Waals surface area contributed by atoms with E-state index >= 15 is 0 Å². The molecule has 1 heterocycles. The Morgan fingerprint density at radius 2 is 1.94 bits per heavy atom. The summed E-state index contributed by atoms with van der Waals surface area (Å²) in [5, 5.41) is 1.01. The predicted octanol–water partition coefficient (Wildman–Crippen LogP) is 2.58. The van der Waals surface area contributed by atoms with Crippen molar-refractivity contribution in [3.63, 3.8) is 0 Å². The summed E-state index contributed by atoms with van der Waals surface area (Å²) in [4.78, 5) is 8.54. The minimum absolute atomic E-state index is 0.726. The Balaban J connectivity index is 2.12. The van der Waals surface area contributed by atoms with Crippen molar-refractivity contribution in [2.24, 2.45) is 5.73 Å². The van der Waals surface area contributed by atoms with E-state index in [1.54, 1.807) is 18.1 Å². The molecular weight excluding hydrogens is 230 g/mol. The number of nitrogens with two attached hydrogens (primary N) is 1. The molecule has 0 atom stereocenters. The zero-order chi connectivity index (χ0) is 11.9. The van der Waals surface area contributed by atoms with Gasteiger partial charge in [0, 0.05) is 11.3 Å². The fourth-order valence-corrected chi connectivity index (χ4v) is 2.28. The minimum atomic E-state index is 0.726. The third-order valence-electron chi connectivity index (χ3n) is 2.31. The van der Waals surface area contributed by atoms with E-state index in [4.69, 9.17) is 5.73 Å². The molecule has 2 N–H and O–H groups in total. The van der Waals surface area contributed by atoms with Crippen LogP contribution in [0.3, 0.4) is 0 Å². The average Bonchev–Trinajstić information content (AvgIpc) is 2.41. The molecule has 2 rings (SSSR count). The maximum Gasteiger partial charge on any atom is 0.117 e. The number of rotatable bonds is 5. The van der Waals surface area contributed by atoms with E-state index in [-0.39, 0.29) is 0 Å². The Morgan fingerprint density at radius 3 is 2.71 bits per heavy atom. The number of hydrogen-bond acceptors (Lipinski definition) is 4. The third kappa shape index (κ3) is 3.54. The summed E-state index contributed by atoms with van der Waals surface area (Å²) >= 11 is 1.72. The van der Waals surface area contributed by atoms with Gasteiger partial charge in [0.15, 0.2) is 0 Å². The van der Waals surface area contributed by atoms with Crippen LogP contribution in [0, 0.1) is 0 Å². The SMILES string of the molecule is NCCCSc1cc(-c2ccccc2)ncn1. The normalized spacial score (nSPS) is 10.4. The average molecular weight is 245 g/mol. The Kier molecular flexibility index (Phi) is 4.53. The first kappa shape index (κ1) is 12.1. The Bertz CT molecular complexity index is 459. The van der Waals surface area contributed by atoms with Gasteiger partial charge in [-0.05, 0) is 19.0 Å². The van der Waals surface area contributed by atoms with Gasteiger partial charge in [-0.2, -0.15) is 0 Å². The molecular formula is C13H15N3S. The first-order chi connectivity index (χ1) is 8.40. The van der Waals surface area contributed by atoms with Crippen LogP contribution in [-0.2, 0) is 0 Å². The molecule has 4 heteroatoms. The fourth-order valence-electron chi connectivity index (χ4n) is 1.45. The van der Waals surface area contributed by atoms with Gasteiger partial charge in [0.05, 0.1) is 10.7 Å². The molecule has 1 aromatic heterocycles. The Morgan fingerprint density at radius 1 is 1.12 bits per heavy atom. The van der Waals surface area contributed by atoms with Crippen LogP contribution < -0.4 is 5.73 Å². The molecule has 0 saturated carbocycles. The van der Waals surface area contributed by atoms with Crippen molar-refractivity contribution in [2.45, 2.75) is 11.4 Å². The van der Waals surface area contributed by atoms with E-state index < -0.39 is 0 Å². The fraction of sp³-hybridized carbons (Fsp3) is 0.231. The lowest BCUT2D eigenvalue weighted by Crippen LogP contribution is -1.99. The third-order valence-corrected chi connectivity index (χ3v) is 3.32. The van der Waals surface area contributed by atoms with E-state index in [1.807, 2.05) is 24.3 Å². The zero-order valence-electron chi connectivity index (χ0n) is 9.54. The van der Waals surface area contributed by atoms with E-state index in [1.165, 1.54) is 0 Å². The molecule has 2 aromatic rings. The van der Waals surface area contributed by atoms with Crippen molar-refractivity contribution in [2.75, 3.05) is 12.3 Å². The number of aromatic nitrogens is 2. The molecule has 17 heavy (non-hydrogen) atoms. The first-order valence-electron chi connectivity index (χ1n) is 5.60. The van der Waals surface area contributed by atoms with Crippen LogP contribution in [0.1, 0.15) is 6.42 Å². The second-order valence-electron chi connectivity index (χ2n) is 3.60. The molecule has 1 aromatic carbocycles. The summed E-state index contributed by atoms with van der Waals surface area (Å²) in [7, 11) is 0. The van der Waals surface area contributed by atoms with Gasteiger partial charge in [0.2, 0.25) is 0 Å². The molecule has 0 aliphatic heterocycles. The van der Waals surface area contributed by atoms with Crippen molar-refractivity contribution >= 4 is 11.8 Å². The van der Waals surface area contributed by atoms with Crippen molar-refractivity contribution < 1.29 is 0 Å². The summed E-state index contributed by atoms with van der Waals surface area (Å²) < 4.78 is 0. The molecule has 0 radical (unpaired) electrons. The highest BCUT2D eigenvalue weighted by Gasteiger charge is 2.01. The number of thioether (sulfide) groups is 1. The van der Waals surface area contributed by atoms with Crippen LogP contribution in [0.5, 0.6) is 0 Å². The van der Waals surface area contributed by atoms with Gasteiger partial charge < -0.3 is 5.73 Å². The van der Waals surface area contributed by atoms with Gasteiger partial charge in [-0.15, -0.1) is 11.8 Å².